The molecule has 0 radical (unpaired) electrons. The van der Waals surface area contributed by atoms with Gasteiger partial charge in [-0.25, -0.2) is 0 Å². The first-order valence-corrected chi connectivity index (χ1v) is 7.83. The summed E-state index contributed by atoms with van der Waals surface area (Å²) in [5, 5.41) is 0. The number of para-hydroxylation sites is 1. The Morgan fingerprint density at radius 2 is 1.82 bits per heavy atom. The number of rotatable bonds is 8. The van der Waals surface area contributed by atoms with Crippen LogP contribution < -0.4 is 15.2 Å². The molecule has 118 valence electrons. The molecule has 0 bridgehead atoms. The average Bonchev–Trinajstić information content (AvgIpc) is 2.58. The summed E-state index contributed by atoms with van der Waals surface area (Å²) in [6, 6.07) is 16.4. The van der Waals surface area contributed by atoms with Crippen LogP contribution in [0.15, 0.2) is 48.5 Å². The zero-order valence-corrected chi connectivity index (χ0v) is 13.4. The maximum atomic E-state index is 5.99. The van der Waals surface area contributed by atoms with E-state index in [1.807, 2.05) is 18.2 Å². The van der Waals surface area contributed by atoms with E-state index in [2.05, 4.69) is 37.3 Å². The van der Waals surface area contributed by atoms with Crippen molar-refractivity contribution in [3.8, 4) is 11.5 Å². The Kier molecular flexibility index (Phi) is 6.28. The van der Waals surface area contributed by atoms with Crippen LogP contribution in [0, 0.1) is 0 Å². The molecular formula is C19H25NO2. The van der Waals surface area contributed by atoms with E-state index in [4.69, 9.17) is 15.2 Å². The van der Waals surface area contributed by atoms with Gasteiger partial charge in [0.1, 0.15) is 0 Å². The summed E-state index contributed by atoms with van der Waals surface area (Å²) in [4.78, 5) is 0. The van der Waals surface area contributed by atoms with Crippen LogP contribution in [0.25, 0.3) is 0 Å². The van der Waals surface area contributed by atoms with Crippen LogP contribution in [0.5, 0.6) is 11.5 Å². The van der Waals surface area contributed by atoms with Crippen molar-refractivity contribution >= 4 is 0 Å². The molecule has 1 unspecified atom stereocenters. The van der Waals surface area contributed by atoms with Crippen molar-refractivity contribution in [2.24, 2.45) is 5.73 Å². The highest BCUT2D eigenvalue weighted by Gasteiger charge is 2.16. The van der Waals surface area contributed by atoms with Gasteiger partial charge in [-0.1, -0.05) is 49.4 Å². The third-order valence-electron chi connectivity index (χ3n) is 3.75. The molecule has 0 saturated heterocycles. The second-order valence-electron chi connectivity index (χ2n) is 5.34. The van der Waals surface area contributed by atoms with Gasteiger partial charge in [0.05, 0.1) is 13.7 Å². The SMILES string of the molecule is CCCOc1cccc(CC(CN)c2ccccc2)c1OC. The van der Waals surface area contributed by atoms with E-state index in [0.717, 1.165) is 29.9 Å². The molecule has 22 heavy (non-hydrogen) atoms. The molecule has 2 aromatic rings. The van der Waals surface area contributed by atoms with Gasteiger partial charge in [-0.05, 0) is 36.6 Å². The molecular weight excluding hydrogens is 274 g/mol. The van der Waals surface area contributed by atoms with E-state index in [1.54, 1.807) is 7.11 Å². The fourth-order valence-electron chi connectivity index (χ4n) is 2.61. The van der Waals surface area contributed by atoms with Crippen LogP contribution in [0.2, 0.25) is 0 Å². The number of hydrogen-bond donors (Lipinski definition) is 1. The zero-order valence-electron chi connectivity index (χ0n) is 13.4. The van der Waals surface area contributed by atoms with Crippen LogP contribution >= 0.6 is 0 Å². The van der Waals surface area contributed by atoms with Gasteiger partial charge in [-0.2, -0.15) is 0 Å². The molecule has 0 fully saturated rings. The van der Waals surface area contributed by atoms with Gasteiger partial charge in [-0.3, -0.25) is 0 Å². The van der Waals surface area contributed by atoms with Crippen LogP contribution in [0.3, 0.4) is 0 Å². The number of hydrogen-bond acceptors (Lipinski definition) is 3. The first-order valence-electron chi connectivity index (χ1n) is 7.83. The summed E-state index contributed by atoms with van der Waals surface area (Å²) in [6.07, 6.45) is 1.82. The van der Waals surface area contributed by atoms with E-state index in [1.165, 1.54) is 5.56 Å². The Hall–Kier alpha value is -2.00. The quantitative estimate of drug-likeness (QED) is 0.807. The lowest BCUT2D eigenvalue weighted by Crippen LogP contribution is -2.15. The molecule has 0 aromatic heterocycles. The minimum absolute atomic E-state index is 0.275. The van der Waals surface area contributed by atoms with Gasteiger partial charge in [-0.15, -0.1) is 0 Å². The minimum atomic E-state index is 0.275. The van der Waals surface area contributed by atoms with Gasteiger partial charge in [0, 0.05) is 5.92 Å². The highest BCUT2D eigenvalue weighted by molar-refractivity contribution is 5.47. The minimum Gasteiger partial charge on any atom is -0.493 e. The molecule has 0 aliphatic carbocycles. The van der Waals surface area contributed by atoms with Crippen LogP contribution in [-0.4, -0.2) is 20.3 Å². The fourth-order valence-corrected chi connectivity index (χ4v) is 2.61. The van der Waals surface area contributed by atoms with Crippen molar-refractivity contribution < 1.29 is 9.47 Å². The maximum Gasteiger partial charge on any atom is 0.163 e. The monoisotopic (exact) mass is 299 g/mol. The van der Waals surface area contributed by atoms with Gasteiger partial charge in [0.25, 0.3) is 0 Å². The fraction of sp³-hybridized carbons (Fsp3) is 0.368. The molecule has 0 saturated carbocycles. The average molecular weight is 299 g/mol. The summed E-state index contributed by atoms with van der Waals surface area (Å²) in [7, 11) is 1.69. The van der Waals surface area contributed by atoms with E-state index in [0.29, 0.717) is 13.2 Å². The van der Waals surface area contributed by atoms with Crippen molar-refractivity contribution in [2.45, 2.75) is 25.7 Å². The molecule has 2 N–H and O–H groups in total. The zero-order chi connectivity index (χ0) is 15.8. The van der Waals surface area contributed by atoms with Crippen LogP contribution in [0.1, 0.15) is 30.4 Å². The summed E-state index contributed by atoms with van der Waals surface area (Å²) >= 11 is 0. The van der Waals surface area contributed by atoms with Gasteiger partial charge < -0.3 is 15.2 Å². The predicted molar refractivity (Wildman–Crippen MR) is 90.7 cm³/mol. The van der Waals surface area contributed by atoms with E-state index < -0.39 is 0 Å². The molecule has 2 rings (SSSR count). The molecule has 0 spiro atoms. The van der Waals surface area contributed by atoms with Crippen LogP contribution in [0.4, 0.5) is 0 Å². The summed E-state index contributed by atoms with van der Waals surface area (Å²) in [5.74, 6) is 1.91. The van der Waals surface area contributed by atoms with Gasteiger partial charge >= 0.3 is 0 Å². The third-order valence-corrected chi connectivity index (χ3v) is 3.75. The lowest BCUT2D eigenvalue weighted by atomic mass is 9.91. The number of nitrogens with two attached hydrogens (primary N) is 1. The third kappa shape index (κ3) is 4.01. The van der Waals surface area contributed by atoms with E-state index >= 15 is 0 Å². The predicted octanol–water partition coefficient (Wildman–Crippen LogP) is 3.77. The maximum absolute atomic E-state index is 5.99. The second-order valence-corrected chi connectivity index (χ2v) is 5.34. The molecule has 3 nitrogen and oxygen atoms in total. The first-order chi connectivity index (χ1) is 10.8. The molecule has 0 aliphatic heterocycles. The smallest absolute Gasteiger partial charge is 0.163 e. The number of ether oxygens (including phenoxy) is 2. The summed E-state index contributed by atoms with van der Waals surface area (Å²) in [6.45, 7) is 3.39. The largest absolute Gasteiger partial charge is 0.493 e. The highest BCUT2D eigenvalue weighted by Crippen LogP contribution is 2.34. The summed E-state index contributed by atoms with van der Waals surface area (Å²) in [5.41, 5.74) is 8.38. The molecule has 0 heterocycles. The normalized spacial score (nSPS) is 12.0. The van der Waals surface area contributed by atoms with Gasteiger partial charge in [0.15, 0.2) is 11.5 Å². The Morgan fingerprint density at radius 3 is 2.45 bits per heavy atom. The number of methoxy groups -OCH3 is 1. The molecule has 0 aliphatic rings. The lowest BCUT2D eigenvalue weighted by Gasteiger charge is -2.19. The Labute approximate surface area is 133 Å². The lowest BCUT2D eigenvalue weighted by molar-refractivity contribution is 0.292. The molecule has 0 amide bonds. The highest BCUT2D eigenvalue weighted by atomic mass is 16.5. The van der Waals surface area contributed by atoms with E-state index in [9.17, 15) is 0 Å². The Balaban J connectivity index is 2.24. The first kappa shape index (κ1) is 16.4. The van der Waals surface area contributed by atoms with Crippen molar-refractivity contribution in [3.63, 3.8) is 0 Å². The van der Waals surface area contributed by atoms with E-state index in [-0.39, 0.29) is 5.92 Å². The molecule has 3 heteroatoms. The van der Waals surface area contributed by atoms with Crippen molar-refractivity contribution in [1.29, 1.82) is 0 Å². The van der Waals surface area contributed by atoms with Gasteiger partial charge in [0.2, 0.25) is 0 Å². The standard InChI is InChI=1S/C19H25NO2/c1-3-12-22-18-11-7-10-16(19(18)21-2)13-17(14-20)15-8-5-4-6-9-15/h4-11,17H,3,12-14,20H2,1-2H3. The molecule has 2 aromatic carbocycles. The van der Waals surface area contributed by atoms with Crippen LogP contribution in [-0.2, 0) is 6.42 Å². The topological polar surface area (TPSA) is 44.5 Å². The molecule has 1 atom stereocenters. The van der Waals surface area contributed by atoms with Crippen molar-refractivity contribution in [3.05, 3.63) is 59.7 Å². The second kappa shape index (κ2) is 8.44. The Bertz CT molecular complexity index is 569. The summed E-state index contributed by atoms with van der Waals surface area (Å²) < 4.78 is 11.4. The Morgan fingerprint density at radius 1 is 1.05 bits per heavy atom. The van der Waals surface area contributed by atoms with Crippen molar-refractivity contribution in [2.75, 3.05) is 20.3 Å². The number of benzene rings is 2. The van der Waals surface area contributed by atoms with Crippen molar-refractivity contribution in [1.82, 2.24) is 0 Å².